The van der Waals surface area contributed by atoms with E-state index < -0.39 is 12.1 Å². The third-order valence-electron chi connectivity index (χ3n) is 3.28. The molecule has 0 aromatic heterocycles. The van der Waals surface area contributed by atoms with E-state index in [1.807, 2.05) is 13.0 Å². The number of hydrogen-bond acceptors (Lipinski definition) is 4. The van der Waals surface area contributed by atoms with Gasteiger partial charge in [-0.25, -0.2) is 4.79 Å². The quantitative estimate of drug-likeness (QED) is 0.845. The minimum Gasteiger partial charge on any atom is -0.493 e. The van der Waals surface area contributed by atoms with Crippen LogP contribution in [-0.4, -0.2) is 37.0 Å². The molecule has 1 unspecified atom stereocenters. The van der Waals surface area contributed by atoms with Gasteiger partial charge in [0.1, 0.15) is 5.75 Å². The molecule has 1 saturated heterocycles. The zero-order chi connectivity index (χ0) is 15.2. The van der Waals surface area contributed by atoms with Gasteiger partial charge in [0.25, 0.3) is 0 Å². The lowest BCUT2D eigenvalue weighted by Gasteiger charge is -2.26. The Morgan fingerprint density at radius 3 is 2.81 bits per heavy atom. The number of hydrogen-bond donors (Lipinski definition) is 1. The van der Waals surface area contributed by atoms with E-state index in [1.165, 1.54) is 0 Å². The van der Waals surface area contributed by atoms with Crippen molar-refractivity contribution in [3.05, 3.63) is 28.2 Å². The van der Waals surface area contributed by atoms with Gasteiger partial charge in [-0.05, 0) is 38.0 Å². The number of benzene rings is 1. The van der Waals surface area contributed by atoms with E-state index in [2.05, 4.69) is 15.9 Å². The molecule has 0 amide bonds. The van der Waals surface area contributed by atoms with E-state index in [0.29, 0.717) is 44.0 Å². The van der Waals surface area contributed by atoms with Crippen LogP contribution in [0, 0.1) is 0 Å². The van der Waals surface area contributed by atoms with E-state index >= 15 is 0 Å². The predicted molar refractivity (Wildman–Crippen MR) is 80.6 cm³/mol. The van der Waals surface area contributed by atoms with Gasteiger partial charge in [0.2, 0.25) is 0 Å². The summed E-state index contributed by atoms with van der Waals surface area (Å²) in [4.78, 5) is 11.6. The third kappa shape index (κ3) is 4.43. The summed E-state index contributed by atoms with van der Waals surface area (Å²) in [6.07, 6.45) is 0.282. The van der Waals surface area contributed by atoms with Crippen LogP contribution in [0.3, 0.4) is 0 Å². The standard InChI is InChI=1S/C15H19BrO5/c1-2-20-13-4-3-10(16)9-12(13)14(15(17)18)21-11-5-7-19-8-6-11/h3-4,9,11,14H,2,5-8H2,1H3,(H,17,18). The van der Waals surface area contributed by atoms with Gasteiger partial charge in [-0.2, -0.15) is 0 Å². The summed E-state index contributed by atoms with van der Waals surface area (Å²) in [7, 11) is 0. The van der Waals surface area contributed by atoms with Crippen molar-refractivity contribution in [3.8, 4) is 5.75 Å². The monoisotopic (exact) mass is 358 g/mol. The molecule has 5 nitrogen and oxygen atoms in total. The second kappa shape index (κ2) is 7.77. The summed E-state index contributed by atoms with van der Waals surface area (Å²) in [6.45, 7) is 3.54. The fourth-order valence-electron chi connectivity index (χ4n) is 2.28. The zero-order valence-electron chi connectivity index (χ0n) is 11.9. The number of ether oxygens (including phenoxy) is 3. The Bertz CT molecular complexity index is 485. The molecule has 6 heteroatoms. The number of carbonyl (C=O) groups is 1. The van der Waals surface area contributed by atoms with Crippen LogP contribution in [0.15, 0.2) is 22.7 Å². The molecule has 1 N–H and O–H groups in total. The maximum absolute atomic E-state index is 11.6. The Balaban J connectivity index is 2.24. The number of rotatable bonds is 6. The topological polar surface area (TPSA) is 65.0 Å². The fourth-order valence-corrected chi connectivity index (χ4v) is 2.66. The highest BCUT2D eigenvalue weighted by atomic mass is 79.9. The predicted octanol–water partition coefficient (Wildman–Crippen LogP) is 3.17. The van der Waals surface area contributed by atoms with Crippen LogP contribution in [0.5, 0.6) is 5.75 Å². The van der Waals surface area contributed by atoms with Crippen LogP contribution in [0.2, 0.25) is 0 Å². The molecule has 0 spiro atoms. The molecule has 1 fully saturated rings. The van der Waals surface area contributed by atoms with Crippen LogP contribution >= 0.6 is 15.9 Å². The number of halogens is 1. The lowest BCUT2D eigenvalue weighted by molar-refractivity contribution is -0.158. The van der Waals surface area contributed by atoms with E-state index in [0.717, 1.165) is 4.47 Å². The highest BCUT2D eigenvalue weighted by Gasteiger charge is 2.29. The van der Waals surface area contributed by atoms with Gasteiger partial charge in [-0.15, -0.1) is 0 Å². The first kappa shape index (κ1) is 16.3. The molecule has 2 rings (SSSR count). The van der Waals surface area contributed by atoms with Crippen molar-refractivity contribution in [2.75, 3.05) is 19.8 Å². The Morgan fingerprint density at radius 2 is 2.19 bits per heavy atom. The SMILES string of the molecule is CCOc1ccc(Br)cc1C(OC1CCOCC1)C(=O)O. The average molecular weight is 359 g/mol. The smallest absolute Gasteiger partial charge is 0.337 e. The lowest BCUT2D eigenvalue weighted by atomic mass is 10.1. The van der Waals surface area contributed by atoms with Gasteiger partial charge in [0.05, 0.1) is 12.7 Å². The van der Waals surface area contributed by atoms with Gasteiger partial charge in [-0.3, -0.25) is 0 Å². The van der Waals surface area contributed by atoms with E-state index in [1.54, 1.807) is 12.1 Å². The lowest BCUT2D eigenvalue weighted by Crippen LogP contribution is -2.28. The Kier molecular flexibility index (Phi) is 6.02. The van der Waals surface area contributed by atoms with Gasteiger partial charge in [0.15, 0.2) is 6.10 Å². The molecule has 1 heterocycles. The van der Waals surface area contributed by atoms with E-state index in [9.17, 15) is 9.90 Å². The third-order valence-corrected chi connectivity index (χ3v) is 3.77. The van der Waals surface area contributed by atoms with Crippen LogP contribution < -0.4 is 4.74 Å². The van der Waals surface area contributed by atoms with Gasteiger partial charge < -0.3 is 19.3 Å². The molecule has 116 valence electrons. The molecule has 0 bridgehead atoms. The number of carboxylic acid groups (broad SMARTS) is 1. The van der Waals surface area contributed by atoms with Crippen LogP contribution in [0.1, 0.15) is 31.4 Å². The number of carboxylic acids is 1. The van der Waals surface area contributed by atoms with Crippen molar-refractivity contribution in [3.63, 3.8) is 0 Å². The first-order valence-corrected chi connectivity index (χ1v) is 7.79. The maximum atomic E-state index is 11.6. The van der Waals surface area contributed by atoms with Gasteiger partial charge >= 0.3 is 5.97 Å². The first-order chi connectivity index (χ1) is 10.1. The van der Waals surface area contributed by atoms with Crippen LogP contribution in [0.25, 0.3) is 0 Å². The molecule has 0 aliphatic carbocycles. The summed E-state index contributed by atoms with van der Waals surface area (Å²) >= 11 is 3.37. The molecule has 1 aliphatic rings. The van der Waals surface area contributed by atoms with Crippen molar-refractivity contribution >= 4 is 21.9 Å². The van der Waals surface area contributed by atoms with Gasteiger partial charge in [-0.1, -0.05) is 15.9 Å². The second-order valence-electron chi connectivity index (χ2n) is 4.78. The highest BCUT2D eigenvalue weighted by molar-refractivity contribution is 9.10. The molecule has 1 aromatic rings. The Hall–Kier alpha value is -1.11. The molecule has 1 atom stereocenters. The van der Waals surface area contributed by atoms with Gasteiger partial charge in [0, 0.05) is 23.2 Å². The molecule has 0 radical (unpaired) electrons. The summed E-state index contributed by atoms with van der Waals surface area (Å²) < 4.78 is 17.4. The molecule has 1 aliphatic heterocycles. The molecular weight excluding hydrogens is 340 g/mol. The van der Waals surface area contributed by atoms with Crippen LogP contribution in [0.4, 0.5) is 0 Å². The van der Waals surface area contributed by atoms with Crippen molar-refractivity contribution in [2.45, 2.75) is 32.0 Å². The summed E-state index contributed by atoms with van der Waals surface area (Å²) in [5.41, 5.74) is 0.533. The number of aliphatic carboxylic acids is 1. The zero-order valence-corrected chi connectivity index (χ0v) is 13.5. The highest BCUT2D eigenvalue weighted by Crippen LogP contribution is 2.33. The normalized spacial score (nSPS) is 17.4. The summed E-state index contributed by atoms with van der Waals surface area (Å²) in [6, 6.07) is 5.32. The molecular formula is C15H19BrO5. The summed E-state index contributed by atoms with van der Waals surface area (Å²) in [5, 5.41) is 9.51. The summed E-state index contributed by atoms with van der Waals surface area (Å²) in [5.74, 6) is -0.472. The Morgan fingerprint density at radius 1 is 1.48 bits per heavy atom. The molecule has 0 saturated carbocycles. The largest absolute Gasteiger partial charge is 0.493 e. The Labute approximate surface area is 132 Å². The van der Waals surface area contributed by atoms with E-state index in [4.69, 9.17) is 14.2 Å². The minimum atomic E-state index is -1.04. The van der Waals surface area contributed by atoms with Crippen molar-refractivity contribution < 1.29 is 24.1 Å². The van der Waals surface area contributed by atoms with E-state index in [-0.39, 0.29) is 6.10 Å². The molecule has 1 aromatic carbocycles. The minimum absolute atomic E-state index is 0.103. The van der Waals surface area contributed by atoms with Crippen molar-refractivity contribution in [1.82, 2.24) is 0 Å². The average Bonchev–Trinajstić information content (AvgIpc) is 2.48. The van der Waals surface area contributed by atoms with Crippen LogP contribution in [-0.2, 0) is 14.3 Å². The van der Waals surface area contributed by atoms with Crippen molar-refractivity contribution in [2.24, 2.45) is 0 Å². The second-order valence-corrected chi connectivity index (χ2v) is 5.70. The fraction of sp³-hybridized carbons (Fsp3) is 0.533. The van der Waals surface area contributed by atoms with Crippen molar-refractivity contribution in [1.29, 1.82) is 0 Å². The molecule has 21 heavy (non-hydrogen) atoms. The maximum Gasteiger partial charge on any atom is 0.337 e. The first-order valence-electron chi connectivity index (χ1n) is 7.00.